The lowest BCUT2D eigenvalue weighted by Crippen LogP contribution is -2.65. The molecule has 680 valence electrons. The van der Waals surface area contributed by atoms with Gasteiger partial charge in [-0.1, -0.05) is 97.2 Å². The number of phenolic OH excluding ortho intramolecular Hbond substituents is 3. The number of carbonyl (C=O) groups is 8. The number of aliphatic hydroxyl groups excluding tert-OH is 6. The Labute approximate surface area is 742 Å². The number of halogens is 3. The van der Waals surface area contributed by atoms with Gasteiger partial charge in [0.1, 0.15) is 89.5 Å². The molecule has 20 N–H and O–H groups in total. The molecule has 9 aliphatic rings. The number of hydrogen-bond acceptors (Lipinski definition) is 29. The SMILES string of the molecule is CCN(CC)Cc1c(O)cc2c(c1O)-c1cc(ccc1O)[C@H]1NC(=O)[C@@H]3NC(=O)[C@H](CC(N)=O)NC(=O)[C@H](N4CN(C)C(CC(C)C)C4=O)[C@H](O)c4ccc(c(Cl)c4)Oc4cc3cc(c4O[C@H]3O[C@@H](CO)[C@H](O)[C@@H](O)[C@@H]3O[C@H]3C[C@](C)(NCc4cccc(Br)c4)[C@H](O)[C@H](C)O3)Oc3ccc(cc3Cl)[C@@H](O[C@H]3C[C@](C)(N)[C@H](O)[C@H](C)O3)[C@H](NC1=O)C(=O)N[C@H]2C(=O)O. The van der Waals surface area contributed by atoms with Crippen LogP contribution in [0.15, 0.2) is 102 Å². The van der Waals surface area contributed by atoms with Crippen LogP contribution in [0.3, 0.4) is 0 Å². The number of nitrogens with two attached hydrogens (primary N) is 2. The standard InChI is InChI=1S/C86H104BrCl2N11O26/c1-10-99(11-2)33-47-53(103)28-46-62(69(47)106)45-23-40(15-18-52(45)102)63-78(112)97-66(80(114)96-65(46)83(117)118)72(124-60-30-85(7,91)75(109)37(5)119-60)42-17-20-55(49(89)25-42)122-57-27-43-26-56(73(57)126-84-74(71(108)70(107)58(34-101)123-84)125-61-31-86(8,76(110)38(6)120-61)92-32-39-13-12-14-44(87)22-39)121-54-19-16-41(24-48(54)88)68(105)67(100-35-98(9)51(82(100)116)21-36(3)4)81(115)93-50(29-59(90)104)77(111)94-64(43)79(113)95-63/h12-20,22-28,36-38,50-51,58,60-61,63-68,70-72,74-76,84,92,101-103,105-110H,10-11,21,29-35,91H2,1-9H3,(H2,90,104)(H,93,115)(H,94,111)(H,95,113)(H,96,114)(H,97,112)(H,117,118)/t37-,38-,50-,51?,58-,60-,61-,63+,64+,65+,66-,67+,68+,70-,71+,72+,74-,75+,76+,84+,85-,86-/m0/s1. The second-order valence-corrected chi connectivity index (χ2v) is 35.4. The number of ether oxygens (including phenoxy) is 8. The van der Waals surface area contributed by atoms with Crippen LogP contribution in [0.5, 0.6) is 46.0 Å². The van der Waals surface area contributed by atoms with Crippen molar-refractivity contribution in [2.24, 2.45) is 17.4 Å². The first-order chi connectivity index (χ1) is 59.6. The van der Waals surface area contributed by atoms with Crippen LogP contribution in [0.25, 0.3) is 11.1 Å². The second-order valence-electron chi connectivity index (χ2n) is 33.7. The third kappa shape index (κ3) is 19.7. The van der Waals surface area contributed by atoms with Crippen molar-refractivity contribution in [1.82, 2.24) is 46.6 Å². The fourth-order valence-electron chi connectivity index (χ4n) is 17.1. The maximum absolute atomic E-state index is 16.8. The number of aliphatic carboxylic acids is 1. The van der Waals surface area contributed by atoms with E-state index in [1.807, 2.05) is 38.1 Å². The van der Waals surface area contributed by atoms with E-state index in [1.165, 1.54) is 50.2 Å². The summed E-state index contributed by atoms with van der Waals surface area (Å²) in [6, 6.07) is 6.90. The molecule has 9 heterocycles. The van der Waals surface area contributed by atoms with Gasteiger partial charge in [0, 0.05) is 58.2 Å². The van der Waals surface area contributed by atoms with Gasteiger partial charge in [0.15, 0.2) is 36.2 Å². The summed E-state index contributed by atoms with van der Waals surface area (Å²) in [5.74, 6) is -15.5. The number of primary amides is 1. The van der Waals surface area contributed by atoms with Gasteiger partial charge < -0.3 is 137 Å². The number of aliphatic hydroxyl groups is 6. The molecule has 0 radical (unpaired) electrons. The fraction of sp³-hybridized carbons (Fsp3) is 0.488. The summed E-state index contributed by atoms with van der Waals surface area (Å²) in [6.45, 7) is 13.0. The van der Waals surface area contributed by atoms with Gasteiger partial charge in [0.25, 0.3) is 0 Å². The van der Waals surface area contributed by atoms with Crippen molar-refractivity contribution in [3.05, 3.63) is 151 Å². The Bertz CT molecular complexity index is 5150. The Morgan fingerprint density at radius 1 is 0.706 bits per heavy atom. The van der Waals surface area contributed by atoms with Crippen molar-refractivity contribution in [2.75, 3.05) is 33.4 Å². The van der Waals surface area contributed by atoms with E-state index < -0.39 is 261 Å². The number of rotatable bonds is 20. The molecule has 4 saturated heterocycles. The van der Waals surface area contributed by atoms with E-state index in [0.29, 0.717) is 13.1 Å². The normalized spacial score (nSPS) is 30.9. The second kappa shape index (κ2) is 38.3. The molecule has 9 aliphatic heterocycles. The minimum absolute atomic E-state index is 0.0736. The molecule has 126 heavy (non-hydrogen) atoms. The first-order valence-electron chi connectivity index (χ1n) is 41.1. The molecule has 11 bridgehead atoms. The van der Waals surface area contributed by atoms with Crippen molar-refractivity contribution >= 4 is 86.5 Å². The molecule has 40 heteroatoms. The van der Waals surface area contributed by atoms with Gasteiger partial charge in [-0.05, 0) is 155 Å². The molecule has 0 spiro atoms. The Morgan fingerprint density at radius 2 is 1.33 bits per heavy atom. The minimum Gasteiger partial charge on any atom is -0.507 e. The first kappa shape index (κ1) is 94.0. The molecule has 6 aromatic rings. The first-order valence-corrected chi connectivity index (χ1v) is 42.7. The zero-order valence-corrected chi connectivity index (χ0v) is 73.2. The number of fused-ring (bicyclic) bond motifs is 15. The summed E-state index contributed by atoms with van der Waals surface area (Å²) in [5.41, 5.74) is 7.92. The molecule has 22 atom stereocenters. The van der Waals surface area contributed by atoms with Gasteiger partial charge in [-0.15, -0.1) is 0 Å². The van der Waals surface area contributed by atoms with Crippen LogP contribution in [0.4, 0.5) is 0 Å². The van der Waals surface area contributed by atoms with Crippen molar-refractivity contribution in [3.8, 4) is 57.1 Å². The van der Waals surface area contributed by atoms with Crippen LogP contribution in [-0.4, -0.2) is 249 Å². The van der Waals surface area contributed by atoms with Gasteiger partial charge in [-0.3, -0.25) is 43.4 Å². The molecule has 0 saturated carbocycles. The number of aromatic hydroxyl groups is 3. The van der Waals surface area contributed by atoms with Crippen LogP contribution in [0, 0.1) is 5.92 Å². The lowest BCUT2D eigenvalue weighted by atomic mass is 9.84. The number of likely N-dealkylation sites (N-methyl/N-ethyl adjacent to an activating group) is 1. The largest absolute Gasteiger partial charge is 0.507 e. The summed E-state index contributed by atoms with van der Waals surface area (Å²) in [5, 5.41) is 135. The highest BCUT2D eigenvalue weighted by Gasteiger charge is 2.54. The number of hydrogen-bond donors (Lipinski definition) is 18. The third-order valence-corrected chi connectivity index (χ3v) is 25.1. The number of benzene rings is 6. The molecule has 15 rings (SSSR count). The maximum atomic E-state index is 16.8. The number of amides is 7. The van der Waals surface area contributed by atoms with Crippen molar-refractivity contribution < 1.29 is 127 Å². The highest BCUT2D eigenvalue weighted by molar-refractivity contribution is 9.10. The minimum atomic E-state index is -2.39. The molecular weight excluding hydrogens is 1750 g/mol. The number of nitrogens with zero attached hydrogens (tertiary/aromatic N) is 3. The quantitative estimate of drug-likeness (QED) is 0.0510. The third-order valence-electron chi connectivity index (χ3n) is 24.0. The average Bonchev–Trinajstić information content (AvgIpc) is 0.968. The van der Waals surface area contributed by atoms with Crippen LogP contribution in [0.1, 0.15) is 150 Å². The summed E-state index contributed by atoms with van der Waals surface area (Å²) < 4.78 is 53.9. The van der Waals surface area contributed by atoms with E-state index in [9.17, 15) is 65.4 Å². The number of phenols is 3. The summed E-state index contributed by atoms with van der Waals surface area (Å²) >= 11 is 18.3. The number of carboxylic acids is 1. The molecule has 4 fully saturated rings. The Morgan fingerprint density at radius 3 is 1.94 bits per heavy atom. The van der Waals surface area contributed by atoms with E-state index in [-0.39, 0.29) is 78.0 Å². The van der Waals surface area contributed by atoms with Crippen LogP contribution in [-0.2, 0) is 75.1 Å². The Kier molecular flexibility index (Phi) is 28.6. The molecular formula is C86H104BrCl2N11O26. The molecule has 7 amide bonds. The van der Waals surface area contributed by atoms with E-state index >= 15 is 24.0 Å². The van der Waals surface area contributed by atoms with Gasteiger partial charge in [-0.2, -0.15) is 0 Å². The lowest BCUT2D eigenvalue weighted by Gasteiger charge is -2.48. The van der Waals surface area contributed by atoms with E-state index in [2.05, 4.69) is 47.8 Å². The lowest BCUT2D eigenvalue weighted by molar-refractivity contribution is -0.334. The van der Waals surface area contributed by atoms with Crippen LogP contribution >= 0.6 is 39.1 Å². The van der Waals surface area contributed by atoms with Gasteiger partial charge in [0.05, 0.1) is 65.8 Å². The van der Waals surface area contributed by atoms with Gasteiger partial charge in [0.2, 0.25) is 53.4 Å². The van der Waals surface area contributed by atoms with E-state index in [0.717, 1.165) is 51.3 Å². The zero-order valence-electron chi connectivity index (χ0n) is 70.1. The molecule has 0 aliphatic carbocycles. The average molecular weight is 1860 g/mol. The number of nitrogens with one attached hydrogen (secondary N) is 6. The molecule has 6 aromatic carbocycles. The van der Waals surface area contributed by atoms with Crippen LogP contribution < -0.4 is 57.6 Å². The topological polar surface area (TPSA) is 547 Å². The Hall–Kier alpha value is -9.66. The van der Waals surface area contributed by atoms with Crippen molar-refractivity contribution in [2.45, 2.75) is 227 Å². The van der Waals surface area contributed by atoms with Gasteiger partial charge in [-0.25, -0.2) is 4.79 Å². The predicted octanol–water partition coefficient (Wildman–Crippen LogP) is 4.18. The molecule has 37 nitrogen and oxygen atoms in total. The van der Waals surface area contributed by atoms with Crippen LogP contribution in [0.2, 0.25) is 10.0 Å². The zero-order chi connectivity index (χ0) is 91.3. The summed E-state index contributed by atoms with van der Waals surface area (Å²) in [4.78, 5) is 128. The van der Waals surface area contributed by atoms with E-state index in [1.54, 1.807) is 44.5 Å². The van der Waals surface area contributed by atoms with Crippen molar-refractivity contribution in [1.29, 1.82) is 0 Å². The monoisotopic (exact) mass is 1860 g/mol. The number of carboxylic acid groups (broad SMARTS) is 1. The molecule has 0 aromatic heterocycles. The summed E-state index contributed by atoms with van der Waals surface area (Å²) in [7, 11) is 1.62. The molecule has 1 unspecified atom stereocenters. The smallest absolute Gasteiger partial charge is 0.330 e. The Balaban J connectivity index is 1.06. The number of carbonyl (C=O) groups excluding carboxylic acids is 7. The van der Waals surface area contributed by atoms with Crippen molar-refractivity contribution in [3.63, 3.8) is 0 Å². The highest BCUT2D eigenvalue weighted by atomic mass is 79.9. The van der Waals surface area contributed by atoms with E-state index in [4.69, 9.17) is 72.6 Å². The predicted molar refractivity (Wildman–Crippen MR) is 451 cm³/mol. The maximum Gasteiger partial charge on any atom is 0.330 e. The highest BCUT2D eigenvalue weighted by Crippen LogP contribution is 2.52. The fourth-order valence-corrected chi connectivity index (χ4v) is 18.0. The summed E-state index contributed by atoms with van der Waals surface area (Å²) in [6.07, 6.45) is -22.7. The van der Waals surface area contributed by atoms with Gasteiger partial charge >= 0.3 is 5.97 Å².